The van der Waals surface area contributed by atoms with Crippen LogP contribution in [0.1, 0.15) is 43.4 Å². The fraction of sp³-hybridized carbons (Fsp3) is 0.348. The fourth-order valence-corrected chi connectivity index (χ4v) is 4.44. The second kappa shape index (κ2) is 10.8. The number of hydrogen-bond donors (Lipinski definition) is 2. The maximum Gasteiger partial charge on any atom is 0.321 e. The summed E-state index contributed by atoms with van der Waals surface area (Å²) in [4.78, 5) is 29.5. The van der Waals surface area contributed by atoms with Crippen LogP contribution in [0.4, 0.5) is 4.79 Å². The van der Waals surface area contributed by atoms with E-state index in [4.69, 9.17) is 4.98 Å². The van der Waals surface area contributed by atoms with Gasteiger partial charge in [0, 0.05) is 13.6 Å². The molecule has 0 aliphatic heterocycles. The Bertz CT molecular complexity index is 987. The number of thioether (sulfide) groups is 1. The second-order valence-corrected chi connectivity index (χ2v) is 8.14. The molecule has 0 bridgehead atoms. The molecular weight excluding hydrogens is 396 g/mol. The van der Waals surface area contributed by atoms with Gasteiger partial charge in [-0.3, -0.25) is 10.1 Å². The molecule has 0 aliphatic rings. The molecule has 158 valence electrons. The summed E-state index contributed by atoms with van der Waals surface area (Å²) in [6, 6.07) is 17.0. The Labute approximate surface area is 181 Å². The molecule has 3 rings (SSSR count). The van der Waals surface area contributed by atoms with E-state index < -0.39 is 11.3 Å². The Morgan fingerprint density at radius 1 is 1.03 bits per heavy atom. The number of fused-ring (bicyclic) bond motifs is 1. The van der Waals surface area contributed by atoms with Crippen molar-refractivity contribution in [2.45, 2.75) is 49.6 Å². The zero-order valence-corrected chi connectivity index (χ0v) is 18.2. The molecule has 0 saturated carbocycles. The molecule has 0 spiro atoms. The fourth-order valence-electron chi connectivity index (χ4n) is 3.30. The number of unbranched alkanes of at least 4 members (excludes halogenated alkanes) is 3. The summed E-state index contributed by atoms with van der Waals surface area (Å²) in [5.74, 6) is -0.366. The molecular formula is C23H28N4O2S. The molecule has 2 N–H and O–H groups in total. The van der Waals surface area contributed by atoms with Crippen LogP contribution in [0, 0.1) is 0 Å². The standard InChI is InChI=1S/C23H28N4O2S/c1-3-4-5-11-16-27-19-15-10-9-14-18(19)25-23(27)30-20(17-12-7-6-8-13-17)21(28)26-22(29)24-2/h6-10,12-15,20H,3-5,11,16H2,1-2H3,(H2,24,26,28,29)/t20-/m0/s1. The highest BCUT2D eigenvalue weighted by atomic mass is 32.2. The van der Waals surface area contributed by atoms with E-state index in [1.165, 1.54) is 31.7 Å². The molecule has 30 heavy (non-hydrogen) atoms. The Hall–Kier alpha value is -2.80. The maximum absolute atomic E-state index is 12.9. The number of carbonyl (C=O) groups excluding carboxylic acids is 2. The van der Waals surface area contributed by atoms with Gasteiger partial charge in [-0.1, -0.05) is 80.4 Å². The zero-order valence-electron chi connectivity index (χ0n) is 17.4. The average molecular weight is 425 g/mol. The third kappa shape index (κ3) is 5.42. The molecule has 6 nitrogen and oxygen atoms in total. The minimum Gasteiger partial charge on any atom is -0.341 e. The van der Waals surface area contributed by atoms with Crippen molar-refractivity contribution in [3.63, 3.8) is 0 Å². The monoisotopic (exact) mass is 424 g/mol. The summed E-state index contributed by atoms with van der Waals surface area (Å²) >= 11 is 1.38. The highest BCUT2D eigenvalue weighted by Gasteiger charge is 2.26. The van der Waals surface area contributed by atoms with Gasteiger partial charge in [-0.25, -0.2) is 9.78 Å². The van der Waals surface area contributed by atoms with Crippen molar-refractivity contribution in [2.75, 3.05) is 7.05 Å². The number of imide groups is 1. The number of carbonyl (C=O) groups is 2. The van der Waals surface area contributed by atoms with E-state index in [1.54, 1.807) is 0 Å². The first kappa shape index (κ1) is 21.9. The zero-order chi connectivity index (χ0) is 21.3. The summed E-state index contributed by atoms with van der Waals surface area (Å²) in [5, 5.41) is 5.05. The van der Waals surface area contributed by atoms with E-state index >= 15 is 0 Å². The molecule has 1 heterocycles. The number of imidazole rings is 1. The van der Waals surface area contributed by atoms with Crippen molar-refractivity contribution < 1.29 is 9.59 Å². The van der Waals surface area contributed by atoms with Gasteiger partial charge in [-0.15, -0.1) is 0 Å². The predicted octanol–water partition coefficient (Wildman–Crippen LogP) is 4.91. The summed E-state index contributed by atoms with van der Waals surface area (Å²) < 4.78 is 2.19. The number of aryl methyl sites for hydroxylation is 1. The quantitative estimate of drug-likeness (QED) is 0.378. The molecule has 3 aromatic rings. The number of para-hydroxylation sites is 2. The summed E-state index contributed by atoms with van der Waals surface area (Å²) in [6.45, 7) is 3.05. The number of urea groups is 1. The second-order valence-electron chi connectivity index (χ2n) is 7.07. The van der Waals surface area contributed by atoms with E-state index in [0.717, 1.165) is 41.1 Å². The highest BCUT2D eigenvalue weighted by Crippen LogP contribution is 2.36. The number of hydrogen-bond acceptors (Lipinski definition) is 4. The molecule has 1 atom stereocenters. The Balaban J connectivity index is 1.93. The van der Waals surface area contributed by atoms with Gasteiger partial charge < -0.3 is 9.88 Å². The number of aromatic nitrogens is 2. The van der Waals surface area contributed by atoms with Crippen LogP contribution in [-0.2, 0) is 11.3 Å². The van der Waals surface area contributed by atoms with E-state index in [0.29, 0.717) is 0 Å². The van der Waals surface area contributed by atoms with Crippen molar-refractivity contribution >= 4 is 34.7 Å². The van der Waals surface area contributed by atoms with Gasteiger partial charge in [0.2, 0.25) is 5.91 Å². The van der Waals surface area contributed by atoms with Crippen molar-refractivity contribution in [2.24, 2.45) is 0 Å². The summed E-state index contributed by atoms with van der Waals surface area (Å²) in [7, 11) is 1.49. The number of nitrogens with zero attached hydrogens (tertiary/aromatic N) is 2. The van der Waals surface area contributed by atoms with Crippen LogP contribution in [0.25, 0.3) is 11.0 Å². The highest BCUT2D eigenvalue weighted by molar-refractivity contribution is 8.00. The van der Waals surface area contributed by atoms with Crippen LogP contribution in [-0.4, -0.2) is 28.5 Å². The van der Waals surface area contributed by atoms with Gasteiger partial charge in [-0.05, 0) is 24.1 Å². The number of benzene rings is 2. The number of amides is 3. The van der Waals surface area contributed by atoms with Gasteiger partial charge in [0.1, 0.15) is 5.25 Å². The maximum atomic E-state index is 12.9. The van der Waals surface area contributed by atoms with Gasteiger partial charge in [-0.2, -0.15) is 0 Å². The van der Waals surface area contributed by atoms with Gasteiger partial charge in [0.25, 0.3) is 0 Å². The lowest BCUT2D eigenvalue weighted by Gasteiger charge is -2.17. The number of rotatable bonds is 9. The smallest absolute Gasteiger partial charge is 0.321 e. The van der Waals surface area contributed by atoms with Gasteiger partial charge in [0.05, 0.1) is 11.0 Å². The Kier molecular flexibility index (Phi) is 7.90. The van der Waals surface area contributed by atoms with Crippen LogP contribution >= 0.6 is 11.8 Å². The first-order valence-corrected chi connectivity index (χ1v) is 11.2. The van der Waals surface area contributed by atoms with Crippen LogP contribution in [0.3, 0.4) is 0 Å². The average Bonchev–Trinajstić information content (AvgIpc) is 3.12. The molecule has 3 amide bonds. The van der Waals surface area contributed by atoms with Crippen molar-refractivity contribution in [1.82, 2.24) is 20.2 Å². The van der Waals surface area contributed by atoms with Crippen molar-refractivity contribution in [3.8, 4) is 0 Å². The molecule has 0 radical (unpaired) electrons. The molecule has 0 unspecified atom stereocenters. The van der Waals surface area contributed by atoms with E-state index in [-0.39, 0.29) is 5.91 Å². The van der Waals surface area contributed by atoms with E-state index in [2.05, 4.69) is 28.2 Å². The molecule has 0 fully saturated rings. The first-order chi connectivity index (χ1) is 14.6. The van der Waals surface area contributed by atoms with Crippen LogP contribution in [0.2, 0.25) is 0 Å². The first-order valence-electron chi connectivity index (χ1n) is 10.3. The van der Waals surface area contributed by atoms with Crippen LogP contribution in [0.15, 0.2) is 59.8 Å². The Morgan fingerprint density at radius 2 is 1.77 bits per heavy atom. The van der Waals surface area contributed by atoms with Gasteiger partial charge in [0.15, 0.2) is 5.16 Å². The third-order valence-electron chi connectivity index (χ3n) is 4.88. The minimum absolute atomic E-state index is 0.366. The SMILES string of the molecule is CCCCCCn1c(S[C@H](C(=O)NC(=O)NC)c2ccccc2)nc2ccccc21. The lowest BCUT2D eigenvalue weighted by molar-refractivity contribution is -0.119. The lowest BCUT2D eigenvalue weighted by atomic mass is 10.1. The molecule has 1 aromatic heterocycles. The largest absolute Gasteiger partial charge is 0.341 e. The van der Waals surface area contributed by atoms with Crippen molar-refractivity contribution in [1.29, 1.82) is 0 Å². The molecule has 0 aliphatic carbocycles. The molecule has 2 aromatic carbocycles. The minimum atomic E-state index is -0.588. The number of nitrogens with one attached hydrogen (secondary N) is 2. The normalized spacial score (nSPS) is 11.9. The molecule has 0 saturated heterocycles. The topological polar surface area (TPSA) is 76.0 Å². The van der Waals surface area contributed by atoms with Crippen LogP contribution in [0.5, 0.6) is 0 Å². The predicted molar refractivity (Wildman–Crippen MR) is 122 cm³/mol. The summed E-state index contributed by atoms with van der Waals surface area (Å²) in [6.07, 6.45) is 4.60. The lowest BCUT2D eigenvalue weighted by Crippen LogP contribution is -2.39. The van der Waals surface area contributed by atoms with Crippen molar-refractivity contribution in [3.05, 3.63) is 60.2 Å². The van der Waals surface area contributed by atoms with E-state index in [1.807, 2.05) is 48.5 Å². The third-order valence-corrected chi connectivity index (χ3v) is 6.13. The van der Waals surface area contributed by atoms with Gasteiger partial charge >= 0.3 is 6.03 Å². The van der Waals surface area contributed by atoms with E-state index in [9.17, 15) is 9.59 Å². The summed E-state index contributed by atoms with van der Waals surface area (Å²) in [5.41, 5.74) is 2.80. The molecule has 7 heteroatoms. The van der Waals surface area contributed by atoms with Crippen LogP contribution < -0.4 is 10.6 Å². The Morgan fingerprint density at radius 3 is 2.50 bits per heavy atom.